The molecule has 3 nitrogen and oxygen atoms in total. The summed E-state index contributed by atoms with van der Waals surface area (Å²) >= 11 is 0. The van der Waals surface area contributed by atoms with Crippen LogP contribution in [0.5, 0.6) is 0 Å². The SMILES string of the molecule is N=C(c1ccc(C(=O)O)cc1)c1ccc2ccccc2c1. The minimum absolute atomic E-state index is 0.227. The average molecular weight is 275 g/mol. The summed E-state index contributed by atoms with van der Waals surface area (Å²) < 4.78 is 0. The average Bonchev–Trinajstić information content (AvgIpc) is 2.54. The zero-order valence-electron chi connectivity index (χ0n) is 11.2. The number of benzene rings is 3. The van der Waals surface area contributed by atoms with E-state index in [4.69, 9.17) is 10.5 Å². The smallest absolute Gasteiger partial charge is 0.335 e. The second kappa shape index (κ2) is 5.21. The van der Waals surface area contributed by atoms with Crippen molar-refractivity contribution in [1.82, 2.24) is 0 Å². The molecule has 21 heavy (non-hydrogen) atoms. The molecule has 102 valence electrons. The first kappa shape index (κ1) is 13.1. The molecule has 3 heteroatoms. The largest absolute Gasteiger partial charge is 0.478 e. The summed E-state index contributed by atoms with van der Waals surface area (Å²) in [6.45, 7) is 0. The minimum Gasteiger partial charge on any atom is -0.478 e. The summed E-state index contributed by atoms with van der Waals surface area (Å²) in [5.41, 5.74) is 2.13. The molecule has 0 spiro atoms. The Kier molecular flexibility index (Phi) is 3.24. The Balaban J connectivity index is 1.97. The van der Waals surface area contributed by atoms with Crippen LogP contribution in [0.15, 0.2) is 66.7 Å². The zero-order chi connectivity index (χ0) is 14.8. The standard InChI is InChI=1S/C18H13NO2/c19-17(13-6-8-14(9-7-13)18(20)21)16-10-5-12-3-1-2-4-15(12)11-16/h1-11,19H,(H,20,21). The van der Waals surface area contributed by atoms with Crippen LogP contribution >= 0.6 is 0 Å². The molecule has 0 aliphatic heterocycles. The van der Waals surface area contributed by atoms with Crippen molar-refractivity contribution in [3.63, 3.8) is 0 Å². The van der Waals surface area contributed by atoms with Crippen LogP contribution < -0.4 is 0 Å². The van der Waals surface area contributed by atoms with Crippen LogP contribution in [0.25, 0.3) is 10.8 Å². The second-order valence-electron chi connectivity index (χ2n) is 4.82. The van der Waals surface area contributed by atoms with Crippen molar-refractivity contribution < 1.29 is 9.90 Å². The Labute approximate surface area is 122 Å². The van der Waals surface area contributed by atoms with Gasteiger partial charge in [-0.15, -0.1) is 0 Å². The number of carboxylic acid groups (broad SMARTS) is 1. The highest BCUT2D eigenvalue weighted by atomic mass is 16.4. The fraction of sp³-hybridized carbons (Fsp3) is 0. The third-order valence-corrected chi connectivity index (χ3v) is 3.46. The maximum Gasteiger partial charge on any atom is 0.335 e. The van der Waals surface area contributed by atoms with E-state index in [0.717, 1.165) is 16.3 Å². The van der Waals surface area contributed by atoms with Crippen LogP contribution in [0.1, 0.15) is 21.5 Å². The van der Waals surface area contributed by atoms with E-state index in [9.17, 15) is 4.79 Å². The lowest BCUT2D eigenvalue weighted by molar-refractivity contribution is 0.0697. The second-order valence-corrected chi connectivity index (χ2v) is 4.82. The van der Waals surface area contributed by atoms with Crippen LogP contribution in [0.2, 0.25) is 0 Å². The van der Waals surface area contributed by atoms with Crippen LogP contribution in [0.3, 0.4) is 0 Å². The summed E-state index contributed by atoms with van der Waals surface area (Å²) in [4.78, 5) is 10.8. The minimum atomic E-state index is -0.959. The number of aromatic carboxylic acids is 1. The van der Waals surface area contributed by atoms with E-state index in [1.807, 2.05) is 42.5 Å². The molecule has 0 atom stereocenters. The van der Waals surface area contributed by atoms with Crippen molar-refractivity contribution in [3.05, 3.63) is 83.4 Å². The molecule has 0 saturated carbocycles. The molecule has 0 heterocycles. The predicted octanol–water partition coefficient (Wildman–Crippen LogP) is 3.95. The summed E-state index contributed by atoms with van der Waals surface area (Å²) in [5, 5.41) is 19.4. The fourth-order valence-corrected chi connectivity index (χ4v) is 2.29. The molecule has 2 N–H and O–H groups in total. The summed E-state index contributed by atoms with van der Waals surface area (Å²) in [7, 11) is 0. The molecule has 0 unspecified atom stereocenters. The lowest BCUT2D eigenvalue weighted by Gasteiger charge is -2.06. The van der Waals surface area contributed by atoms with E-state index in [1.54, 1.807) is 12.1 Å². The molecule has 3 aromatic carbocycles. The highest BCUT2D eigenvalue weighted by molar-refractivity contribution is 6.12. The topological polar surface area (TPSA) is 61.2 Å². The third-order valence-electron chi connectivity index (χ3n) is 3.46. The van der Waals surface area contributed by atoms with Crippen LogP contribution in [-0.4, -0.2) is 16.8 Å². The zero-order valence-corrected chi connectivity index (χ0v) is 11.2. The van der Waals surface area contributed by atoms with Gasteiger partial charge in [-0.25, -0.2) is 4.79 Å². The quantitative estimate of drug-likeness (QED) is 0.711. The first-order valence-electron chi connectivity index (χ1n) is 6.56. The molecule has 0 amide bonds. The highest BCUT2D eigenvalue weighted by Crippen LogP contribution is 2.18. The predicted molar refractivity (Wildman–Crippen MR) is 83.3 cm³/mol. The first-order chi connectivity index (χ1) is 10.1. The molecule has 0 bridgehead atoms. The van der Waals surface area contributed by atoms with Gasteiger partial charge in [0.25, 0.3) is 0 Å². The molecular formula is C18H13NO2. The van der Waals surface area contributed by atoms with Gasteiger partial charge < -0.3 is 5.11 Å². The van der Waals surface area contributed by atoms with Crippen LogP contribution in [0.4, 0.5) is 0 Å². The van der Waals surface area contributed by atoms with Gasteiger partial charge in [-0.2, -0.15) is 0 Å². The maximum atomic E-state index is 10.8. The molecular weight excluding hydrogens is 262 g/mol. The van der Waals surface area contributed by atoms with Crippen molar-refractivity contribution in [3.8, 4) is 0 Å². The third kappa shape index (κ3) is 2.54. The number of carboxylic acids is 1. The Bertz CT molecular complexity index is 835. The van der Waals surface area contributed by atoms with Crippen LogP contribution in [0, 0.1) is 5.41 Å². The van der Waals surface area contributed by atoms with Gasteiger partial charge in [0.2, 0.25) is 0 Å². The maximum absolute atomic E-state index is 10.8. The summed E-state index contributed by atoms with van der Waals surface area (Å²) in [6.07, 6.45) is 0. The number of rotatable bonds is 3. The van der Waals surface area contributed by atoms with Gasteiger partial charge in [0.1, 0.15) is 0 Å². The number of fused-ring (bicyclic) bond motifs is 1. The first-order valence-corrected chi connectivity index (χ1v) is 6.56. The molecule has 0 saturated heterocycles. The van der Waals surface area contributed by atoms with Gasteiger partial charge >= 0.3 is 5.97 Å². The van der Waals surface area contributed by atoms with Crippen molar-refractivity contribution in [2.75, 3.05) is 0 Å². The van der Waals surface area contributed by atoms with Crippen molar-refractivity contribution in [2.45, 2.75) is 0 Å². The van der Waals surface area contributed by atoms with Crippen molar-refractivity contribution in [2.24, 2.45) is 0 Å². The van der Waals surface area contributed by atoms with Gasteiger partial charge in [-0.1, -0.05) is 48.5 Å². The van der Waals surface area contributed by atoms with Gasteiger partial charge in [-0.05, 0) is 29.0 Å². The van der Waals surface area contributed by atoms with E-state index in [0.29, 0.717) is 11.3 Å². The van der Waals surface area contributed by atoms with Crippen molar-refractivity contribution >= 4 is 22.5 Å². The normalized spacial score (nSPS) is 10.5. The Hall–Kier alpha value is -2.94. The van der Waals surface area contributed by atoms with E-state index in [1.165, 1.54) is 12.1 Å². The molecule has 0 aromatic heterocycles. The molecule has 0 radical (unpaired) electrons. The molecule has 0 aliphatic carbocycles. The summed E-state index contributed by atoms with van der Waals surface area (Å²) in [5.74, 6) is -0.959. The summed E-state index contributed by atoms with van der Waals surface area (Å²) in [6, 6.07) is 20.3. The Morgan fingerprint density at radius 1 is 0.762 bits per heavy atom. The van der Waals surface area contributed by atoms with E-state index >= 15 is 0 Å². The molecule has 3 aromatic rings. The number of hydrogen-bond acceptors (Lipinski definition) is 2. The molecule has 3 rings (SSSR count). The van der Waals surface area contributed by atoms with Gasteiger partial charge in [0.15, 0.2) is 0 Å². The lowest BCUT2D eigenvalue weighted by atomic mass is 9.98. The lowest BCUT2D eigenvalue weighted by Crippen LogP contribution is -2.03. The van der Waals surface area contributed by atoms with Gasteiger partial charge in [0, 0.05) is 11.1 Å². The van der Waals surface area contributed by atoms with Crippen molar-refractivity contribution in [1.29, 1.82) is 5.41 Å². The van der Waals surface area contributed by atoms with Gasteiger partial charge in [0.05, 0.1) is 11.3 Å². The van der Waals surface area contributed by atoms with Crippen LogP contribution in [-0.2, 0) is 0 Å². The van der Waals surface area contributed by atoms with E-state index < -0.39 is 5.97 Å². The molecule has 0 aliphatic rings. The number of carbonyl (C=O) groups is 1. The van der Waals surface area contributed by atoms with Gasteiger partial charge in [-0.3, -0.25) is 5.41 Å². The molecule has 0 fully saturated rings. The Morgan fingerprint density at radius 2 is 1.33 bits per heavy atom. The monoisotopic (exact) mass is 275 g/mol. The number of hydrogen-bond donors (Lipinski definition) is 2. The highest BCUT2D eigenvalue weighted by Gasteiger charge is 2.07. The van der Waals surface area contributed by atoms with E-state index in [-0.39, 0.29) is 5.56 Å². The van der Waals surface area contributed by atoms with E-state index in [2.05, 4.69) is 0 Å². The number of nitrogens with one attached hydrogen (secondary N) is 1. The fourth-order valence-electron chi connectivity index (χ4n) is 2.29. The Morgan fingerprint density at radius 3 is 2.00 bits per heavy atom.